The van der Waals surface area contributed by atoms with E-state index in [0.717, 1.165) is 19.2 Å². The monoisotopic (exact) mass is 464 g/mol. The van der Waals surface area contributed by atoms with E-state index >= 15 is 0 Å². The molecule has 0 atom stereocenters. The Morgan fingerprint density at radius 2 is 1.94 bits per heavy atom. The summed E-state index contributed by atoms with van der Waals surface area (Å²) >= 11 is 0. The summed E-state index contributed by atoms with van der Waals surface area (Å²) in [6.45, 7) is 4.99. The fourth-order valence-corrected chi connectivity index (χ4v) is 4.24. The molecule has 8 heteroatoms. The summed E-state index contributed by atoms with van der Waals surface area (Å²) in [5.41, 5.74) is 7.69. The summed E-state index contributed by atoms with van der Waals surface area (Å²) in [6.07, 6.45) is 7.65. The van der Waals surface area contributed by atoms with Gasteiger partial charge in [0.1, 0.15) is 17.5 Å². The molecule has 0 radical (unpaired) electrons. The van der Waals surface area contributed by atoms with Gasteiger partial charge in [-0.15, -0.1) is 0 Å². The minimum Gasteiger partial charge on any atom is -0.396 e. The number of alkyl halides is 2. The second kappa shape index (κ2) is 9.75. The summed E-state index contributed by atoms with van der Waals surface area (Å²) in [6, 6.07) is 11.4. The van der Waals surface area contributed by atoms with Gasteiger partial charge in [-0.25, -0.2) is 23.7 Å². The zero-order valence-corrected chi connectivity index (χ0v) is 19.6. The Morgan fingerprint density at radius 3 is 2.68 bits per heavy atom. The first-order valence-corrected chi connectivity index (χ1v) is 11.5. The molecule has 34 heavy (non-hydrogen) atoms. The molecule has 1 fully saturated rings. The Hall–Kier alpha value is -3.55. The minimum atomic E-state index is -2.93. The molecule has 0 aliphatic heterocycles. The number of pyridine rings is 1. The van der Waals surface area contributed by atoms with Crippen molar-refractivity contribution in [3.05, 3.63) is 72.4 Å². The van der Waals surface area contributed by atoms with E-state index in [9.17, 15) is 8.78 Å². The lowest BCUT2D eigenvalue weighted by Crippen LogP contribution is -2.24. The molecule has 0 unspecified atom stereocenters. The average molecular weight is 465 g/mol. The Balaban J connectivity index is 1.52. The Kier molecular flexibility index (Phi) is 6.77. The first kappa shape index (κ1) is 23.6. The summed E-state index contributed by atoms with van der Waals surface area (Å²) in [4.78, 5) is 15.4. The first-order chi connectivity index (χ1) is 16.2. The molecule has 1 aromatic carbocycles. The molecule has 4 rings (SSSR count). The number of nitrogens with two attached hydrogens (primary N) is 1. The molecule has 2 heterocycles. The molecule has 6 nitrogen and oxygen atoms in total. The van der Waals surface area contributed by atoms with Crippen LogP contribution in [0.1, 0.15) is 44.0 Å². The second-order valence-corrected chi connectivity index (χ2v) is 8.92. The number of hydrogen-bond donors (Lipinski definition) is 2. The van der Waals surface area contributed by atoms with Gasteiger partial charge in [0.25, 0.3) is 5.92 Å². The molecular formula is C26H30F2N6. The highest BCUT2D eigenvalue weighted by atomic mass is 19.3. The molecular weight excluding hydrogens is 434 g/mol. The maximum absolute atomic E-state index is 13.8. The fourth-order valence-electron chi connectivity index (χ4n) is 4.24. The lowest BCUT2D eigenvalue weighted by Gasteiger charge is -2.23. The predicted octanol–water partition coefficient (Wildman–Crippen LogP) is 5.98. The summed E-state index contributed by atoms with van der Waals surface area (Å²) in [5, 5.41) is 3.21. The smallest absolute Gasteiger partial charge is 0.270 e. The lowest BCUT2D eigenvalue weighted by molar-refractivity contribution is 0.0175. The molecule has 2 aromatic heterocycles. The van der Waals surface area contributed by atoms with Crippen molar-refractivity contribution in [1.29, 1.82) is 0 Å². The van der Waals surface area contributed by atoms with E-state index in [-0.39, 0.29) is 5.56 Å². The molecule has 1 saturated carbocycles. The third-order valence-electron chi connectivity index (χ3n) is 6.22. The molecule has 3 N–H and O–H groups in total. The number of nitrogen functional groups attached to an aromatic ring is 1. The molecule has 178 valence electrons. The van der Waals surface area contributed by atoms with E-state index in [1.54, 1.807) is 48.5 Å². The zero-order valence-electron chi connectivity index (χ0n) is 19.6. The molecule has 0 amide bonds. The van der Waals surface area contributed by atoms with Crippen molar-refractivity contribution in [2.45, 2.75) is 45.0 Å². The number of benzene rings is 1. The van der Waals surface area contributed by atoms with Crippen LogP contribution in [0.25, 0.3) is 11.3 Å². The third kappa shape index (κ3) is 5.50. The summed E-state index contributed by atoms with van der Waals surface area (Å²) in [5.74, 6) is 0.168. The van der Waals surface area contributed by atoms with Gasteiger partial charge in [-0.3, -0.25) is 0 Å². The van der Waals surface area contributed by atoms with Gasteiger partial charge in [-0.05, 0) is 30.2 Å². The largest absolute Gasteiger partial charge is 0.396 e. The number of hydrogen-bond acceptors (Lipinski definition) is 6. The number of halogens is 2. The lowest BCUT2D eigenvalue weighted by atomic mass is 10.0. The molecule has 0 bridgehead atoms. The van der Waals surface area contributed by atoms with Gasteiger partial charge < -0.3 is 16.0 Å². The van der Waals surface area contributed by atoms with Gasteiger partial charge in [0.2, 0.25) is 0 Å². The first-order valence-electron chi connectivity index (χ1n) is 11.5. The Morgan fingerprint density at radius 1 is 1.18 bits per heavy atom. The van der Waals surface area contributed by atoms with Gasteiger partial charge in [-0.2, -0.15) is 0 Å². The van der Waals surface area contributed by atoms with E-state index in [2.05, 4.69) is 26.8 Å². The molecule has 1 aliphatic rings. The standard InChI is InChI=1S/C26H30F2N6/c1-17(31-23-13-14-30-24(33-23)15-18-7-4-5-8-18)34(3)25-21(29)11-12-22(32-25)19-9-6-10-20(16-19)26(2,27)28/h6,9-14,16,18H,1,4-5,7-8,15,29H2,2-3H3,(H,30,31,33). The van der Waals surface area contributed by atoms with Crippen LogP contribution in [0.5, 0.6) is 0 Å². The Bertz CT molecular complexity index is 1170. The SMILES string of the molecule is C=C(Nc1ccnc(CC2CCCC2)n1)N(C)c1nc(-c2cccc(C(C)(F)F)c2)ccc1N. The van der Waals surface area contributed by atoms with Crippen molar-refractivity contribution < 1.29 is 8.78 Å². The summed E-state index contributed by atoms with van der Waals surface area (Å²) in [7, 11) is 1.79. The summed E-state index contributed by atoms with van der Waals surface area (Å²) < 4.78 is 27.6. The molecule has 3 aromatic rings. The van der Waals surface area contributed by atoms with E-state index in [4.69, 9.17) is 5.73 Å². The third-order valence-corrected chi connectivity index (χ3v) is 6.22. The number of nitrogens with one attached hydrogen (secondary N) is 1. The highest BCUT2D eigenvalue weighted by molar-refractivity contribution is 5.72. The average Bonchev–Trinajstić information content (AvgIpc) is 3.32. The van der Waals surface area contributed by atoms with E-state index in [1.165, 1.54) is 37.8 Å². The highest BCUT2D eigenvalue weighted by Gasteiger charge is 2.24. The predicted molar refractivity (Wildman–Crippen MR) is 133 cm³/mol. The van der Waals surface area contributed by atoms with E-state index < -0.39 is 5.92 Å². The van der Waals surface area contributed by atoms with Crippen LogP contribution < -0.4 is 16.0 Å². The van der Waals surface area contributed by atoms with Gasteiger partial charge in [0, 0.05) is 37.7 Å². The fraction of sp³-hybridized carbons (Fsp3) is 0.346. The highest BCUT2D eigenvalue weighted by Crippen LogP contribution is 2.32. The van der Waals surface area contributed by atoms with Crippen LogP contribution in [0.2, 0.25) is 0 Å². The van der Waals surface area contributed by atoms with Gasteiger partial charge >= 0.3 is 0 Å². The van der Waals surface area contributed by atoms with Gasteiger partial charge in [0.05, 0.1) is 11.4 Å². The second-order valence-electron chi connectivity index (χ2n) is 8.92. The Labute approximate surface area is 199 Å². The quantitative estimate of drug-likeness (QED) is 0.427. The topological polar surface area (TPSA) is 80.0 Å². The van der Waals surface area contributed by atoms with Crippen LogP contribution >= 0.6 is 0 Å². The molecule has 0 saturated heterocycles. The normalized spacial score (nSPS) is 14.2. The van der Waals surface area contributed by atoms with Gasteiger partial charge in [0.15, 0.2) is 5.82 Å². The minimum absolute atomic E-state index is 0.0678. The number of rotatable bonds is 8. The maximum atomic E-state index is 13.8. The molecule has 1 aliphatic carbocycles. The number of anilines is 3. The van der Waals surface area contributed by atoms with Crippen molar-refractivity contribution in [1.82, 2.24) is 15.0 Å². The zero-order chi connectivity index (χ0) is 24.3. The van der Waals surface area contributed by atoms with Crippen LogP contribution in [0.3, 0.4) is 0 Å². The van der Waals surface area contributed by atoms with E-state index in [0.29, 0.717) is 40.3 Å². The number of aromatic nitrogens is 3. The van der Waals surface area contributed by atoms with Crippen LogP contribution in [-0.2, 0) is 12.3 Å². The van der Waals surface area contributed by atoms with Crippen molar-refractivity contribution in [3.8, 4) is 11.3 Å². The maximum Gasteiger partial charge on any atom is 0.270 e. The van der Waals surface area contributed by atoms with Crippen molar-refractivity contribution in [2.75, 3.05) is 23.0 Å². The van der Waals surface area contributed by atoms with Crippen LogP contribution in [-0.4, -0.2) is 22.0 Å². The van der Waals surface area contributed by atoms with Gasteiger partial charge in [-0.1, -0.05) is 50.5 Å². The molecule has 0 spiro atoms. The van der Waals surface area contributed by atoms with Crippen molar-refractivity contribution in [3.63, 3.8) is 0 Å². The van der Waals surface area contributed by atoms with Crippen LogP contribution in [0, 0.1) is 5.92 Å². The van der Waals surface area contributed by atoms with E-state index in [1.807, 2.05) is 0 Å². The number of nitrogens with zero attached hydrogens (tertiary/aromatic N) is 4. The van der Waals surface area contributed by atoms with Crippen LogP contribution in [0.4, 0.5) is 26.1 Å². The van der Waals surface area contributed by atoms with Crippen molar-refractivity contribution >= 4 is 17.3 Å². The van der Waals surface area contributed by atoms with Crippen LogP contribution in [0.15, 0.2) is 61.1 Å². The van der Waals surface area contributed by atoms with Crippen molar-refractivity contribution in [2.24, 2.45) is 5.92 Å².